The maximum Gasteiger partial charge on any atom is 0.407 e. The van der Waals surface area contributed by atoms with E-state index in [2.05, 4.69) is 15.6 Å². The molecule has 8 heteroatoms. The fourth-order valence-electron chi connectivity index (χ4n) is 3.48. The number of carboxylic acid groups (broad SMARTS) is 1. The lowest BCUT2D eigenvalue weighted by molar-refractivity contribution is -0.136. The molecule has 3 rings (SSSR count). The number of pyridine rings is 1. The van der Waals surface area contributed by atoms with Crippen molar-refractivity contribution in [2.24, 2.45) is 0 Å². The minimum atomic E-state index is -0.922. The number of carbonyl (C=O) groups excluding carboxylic acids is 2. The molecule has 0 aliphatic carbocycles. The second-order valence-electron chi connectivity index (χ2n) is 9.01. The predicted octanol–water partition coefficient (Wildman–Crippen LogP) is 4.70. The van der Waals surface area contributed by atoms with Crippen LogP contribution in [-0.2, 0) is 22.4 Å². The van der Waals surface area contributed by atoms with Gasteiger partial charge in [-0.15, -0.1) is 0 Å². The minimum Gasteiger partial charge on any atom is -0.481 e. The smallest absolute Gasteiger partial charge is 0.407 e. The number of hydrogen-bond donors (Lipinski definition) is 3. The van der Waals surface area contributed by atoms with E-state index >= 15 is 0 Å². The maximum atomic E-state index is 12.9. The number of aliphatic carboxylic acids is 1. The van der Waals surface area contributed by atoms with Crippen LogP contribution in [0.15, 0.2) is 67.0 Å². The highest BCUT2D eigenvalue weighted by atomic mass is 16.6. The maximum absolute atomic E-state index is 12.9. The molecule has 8 nitrogen and oxygen atoms in total. The summed E-state index contributed by atoms with van der Waals surface area (Å²) in [5.41, 5.74) is 3.60. The van der Waals surface area contributed by atoms with Crippen molar-refractivity contribution in [2.45, 2.75) is 39.2 Å². The largest absolute Gasteiger partial charge is 0.481 e. The molecule has 35 heavy (non-hydrogen) atoms. The van der Waals surface area contributed by atoms with Crippen molar-refractivity contribution in [3.8, 4) is 11.1 Å². The number of benzene rings is 2. The average Bonchev–Trinajstić information content (AvgIpc) is 2.78. The Balaban J connectivity index is 1.87. The van der Waals surface area contributed by atoms with Crippen LogP contribution in [0.25, 0.3) is 11.1 Å². The highest BCUT2D eigenvalue weighted by molar-refractivity contribution is 6.05. The fourth-order valence-corrected chi connectivity index (χ4v) is 3.48. The molecular weight excluding hydrogens is 446 g/mol. The summed E-state index contributed by atoms with van der Waals surface area (Å²) in [6.45, 7) is 5.72. The summed E-state index contributed by atoms with van der Waals surface area (Å²) < 4.78 is 5.29. The molecule has 0 saturated carbocycles. The van der Waals surface area contributed by atoms with Crippen molar-refractivity contribution in [1.29, 1.82) is 0 Å². The van der Waals surface area contributed by atoms with Gasteiger partial charge < -0.3 is 20.5 Å². The van der Waals surface area contributed by atoms with Gasteiger partial charge in [-0.3, -0.25) is 14.6 Å². The number of hydrogen-bond acceptors (Lipinski definition) is 5. The first-order chi connectivity index (χ1) is 16.6. The zero-order valence-corrected chi connectivity index (χ0v) is 20.0. The third kappa shape index (κ3) is 7.96. The van der Waals surface area contributed by atoms with Gasteiger partial charge >= 0.3 is 12.1 Å². The summed E-state index contributed by atoms with van der Waals surface area (Å²) in [5, 5.41) is 14.8. The molecule has 0 bridgehead atoms. The first kappa shape index (κ1) is 25.4. The van der Waals surface area contributed by atoms with E-state index in [0.29, 0.717) is 29.8 Å². The SMILES string of the molecule is CC(C)(C)OC(=O)NCCc1ccc(C(=O)Nc2ccncc2)cc1-c1cccc(CC(=O)O)c1. The fraction of sp³-hybridized carbons (Fsp3) is 0.259. The highest BCUT2D eigenvalue weighted by Crippen LogP contribution is 2.27. The molecule has 0 aliphatic heterocycles. The molecule has 2 amide bonds. The van der Waals surface area contributed by atoms with E-state index in [1.54, 1.807) is 75.6 Å². The number of aromatic nitrogens is 1. The van der Waals surface area contributed by atoms with Crippen LogP contribution in [0.1, 0.15) is 42.3 Å². The lowest BCUT2D eigenvalue weighted by atomic mass is 9.93. The van der Waals surface area contributed by atoms with Gasteiger partial charge in [-0.1, -0.05) is 30.3 Å². The van der Waals surface area contributed by atoms with Crippen molar-refractivity contribution in [1.82, 2.24) is 10.3 Å². The number of carboxylic acids is 1. The number of ether oxygens (including phenoxy) is 1. The van der Waals surface area contributed by atoms with Crippen molar-refractivity contribution >= 4 is 23.7 Å². The summed E-state index contributed by atoms with van der Waals surface area (Å²) >= 11 is 0. The zero-order chi connectivity index (χ0) is 25.4. The molecular formula is C27H29N3O5. The summed E-state index contributed by atoms with van der Waals surface area (Å²) in [5.74, 6) is -1.20. The van der Waals surface area contributed by atoms with Crippen molar-refractivity contribution < 1.29 is 24.2 Å². The van der Waals surface area contributed by atoms with Crippen LogP contribution in [0.5, 0.6) is 0 Å². The lowest BCUT2D eigenvalue weighted by Crippen LogP contribution is -2.33. The van der Waals surface area contributed by atoms with E-state index in [1.165, 1.54) is 0 Å². The van der Waals surface area contributed by atoms with E-state index in [9.17, 15) is 19.5 Å². The average molecular weight is 476 g/mol. The molecule has 0 atom stereocenters. The summed E-state index contributed by atoms with van der Waals surface area (Å²) in [6, 6.07) is 16.0. The van der Waals surface area contributed by atoms with Gasteiger partial charge in [0.15, 0.2) is 0 Å². The second kappa shape index (κ2) is 11.3. The molecule has 0 aliphatic rings. The molecule has 0 fully saturated rings. The van der Waals surface area contributed by atoms with Gasteiger partial charge in [-0.25, -0.2) is 4.79 Å². The molecule has 0 unspecified atom stereocenters. The molecule has 2 aromatic carbocycles. The Morgan fingerprint density at radius 2 is 1.74 bits per heavy atom. The zero-order valence-electron chi connectivity index (χ0n) is 20.0. The first-order valence-corrected chi connectivity index (χ1v) is 11.2. The minimum absolute atomic E-state index is 0.106. The Bertz CT molecular complexity index is 1200. The van der Waals surface area contributed by atoms with Gasteiger partial charge in [-0.05, 0) is 73.7 Å². The van der Waals surface area contributed by atoms with Crippen LogP contribution in [0.4, 0.5) is 10.5 Å². The van der Waals surface area contributed by atoms with Crippen molar-refractivity contribution in [3.63, 3.8) is 0 Å². The van der Waals surface area contributed by atoms with Gasteiger partial charge in [0.05, 0.1) is 6.42 Å². The molecule has 182 valence electrons. The molecule has 1 aromatic heterocycles. The van der Waals surface area contributed by atoms with E-state index in [1.807, 2.05) is 12.1 Å². The summed E-state index contributed by atoms with van der Waals surface area (Å²) in [6.07, 6.45) is 3.07. The van der Waals surface area contributed by atoms with Gasteiger partial charge in [0, 0.05) is 30.2 Å². The lowest BCUT2D eigenvalue weighted by Gasteiger charge is -2.20. The van der Waals surface area contributed by atoms with Crippen LogP contribution in [0.3, 0.4) is 0 Å². The Morgan fingerprint density at radius 3 is 2.43 bits per heavy atom. The van der Waals surface area contributed by atoms with E-state index in [-0.39, 0.29) is 12.3 Å². The Labute approximate surface area is 204 Å². The van der Waals surface area contributed by atoms with Crippen LogP contribution in [0, 0.1) is 0 Å². The van der Waals surface area contributed by atoms with Gasteiger partial charge in [-0.2, -0.15) is 0 Å². The van der Waals surface area contributed by atoms with Crippen LogP contribution < -0.4 is 10.6 Å². The van der Waals surface area contributed by atoms with Crippen LogP contribution >= 0.6 is 0 Å². The number of anilines is 1. The summed E-state index contributed by atoms with van der Waals surface area (Å²) in [7, 11) is 0. The normalized spacial score (nSPS) is 10.9. The standard InChI is InChI=1S/C27H29N3O5/c1-27(2,3)35-26(34)29-14-9-19-7-8-21(25(33)30-22-10-12-28-13-11-22)17-23(19)20-6-4-5-18(15-20)16-24(31)32/h4-8,10-13,15,17H,9,14,16H2,1-3H3,(H,29,34)(H,31,32)(H,28,30,33). The van der Waals surface area contributed by atoms with Crippen molar-refractivity contribution in [2.75, 3.05) is 11.9 Å². The Hall–Kier alpha value is -4.20. The van der Waals surface area contributed by atoms with E-state index < -0.39 is 17.7 Å². The third-order valence-electron chi connectivity index (χ3n) is 4.97. The Morgan fingerprint density at radius 1 is 1.00 bits per heavy atom. The molecule has 1 heterocycles. The molecule has 3 aromatic rings. The summed E-state index contributed by atoms with van der Waals surface area (Å²) in [4.78, 5) is 40.0. The quantitative estimate of drug-likeness (QED) is 0.435. The predicted molar refractivity (Wildman–Crippen MR) is 133 cm³/mol. The highest BCUT2D eigenvalue weighted by Gasteiger charge is 2.17. The number of alkyl carbamates (subject to hydrolysis) is 1. The van der Waals surface area contributed by atoms with Crippen molar-refractivity contribution in [3.05, 3.63) is 83.7 Å². The van der Waals surface area contributed by atoms with Gasteiger partial charge in [0.2, 0.25) is 0 Å². The molecule has 3 N–H and O–H groups in total. The molecule has 0 radical (unpaired) electrons. The number of nitrogens with one attached hydrogen (secondary N) is 2. The van der Waals surface area contributed by atoms with E-state index in [0.717, 1.165) is 16.7 Å². The number of amides is 2. The molecule has 0 spiro atoms. The van der Waals surface area contributed by atoms with Gasteiger partial charge in [0.1, 0.15) is 5.60 Å². The second-order valence-corrected chi connectivity index (χ2v) is 9.01. The first-order valence-electron chi connectivity index (χ1n) is 11.2. The monoisotopic (exact) mass is 475 g/mol. The Kier molecular flexibility index (Phi) is 8.20. The topological polar surface area (TPSA) is 118 Å². The third-order valence-corrected chi connectivity index (χ3v) is 4.97. The number of carbonyl (C=O) groups is 3. The number of nitrogens with zero attached hydrogens (tertiary/aromatic N) is 1. The van der Waals surface area contributed by atoms with Gasteiger partial charge in [0.25, 0.3) is 5.91 Å². The van der Waals surface area contributed by atoms with E-state index in [4.69, 9.17) is 4.74 Å². The number of rotatable bonds is 8. The van der Waals surface area contributed by atoms with Crippen LogP contribution in [0.2, 0.25) is 0 Å². The van der Waals surface area contributed by atoms with Crippen LogP contribution in [-0.4, -0.2) is 40.2 Å². The molecule has 0 saturated heterocycles.